The van der Waals surface area contributed by atoms with Crippen LogP contribution in [0.4, 0.5) is 0 Å². The average molecular weight is 359 g/mol. The Labute approximate surface area is 148 Å². The van der Waals surface area contributed by atoms with Crippen molar-refractivity contribution in [3.8, 4) is 5.75 Å². The van der Waals surface area contributed by atoms with Crippen LogP contribution in [0.25, 0.3) is 10.2 Å². The number of amides is 1. The maximum absolute atomic E-state index is 12.3. The molecule has 2 heterocycles. The van der Waals surface area contributed by atoms with Crippen LogP contribution in [-0.4, -0.2) is 28.7 Å². The van der Waals surface area contributed by atoms with Crippen molar-refractivity contribution >= 4 is 39.2 Å². The first-order chi connectivity index (χ1) is 11.7. The van der Waals surface area contributed by atoms with Crippen molar-refractivity contribution in [2.24, 2.45) is 0 Å². The van der Waals surface area contributed by atoms with Gasteiger partial charge in [-0.2, -0.15) is 0 Å². The van der Waals surface area contributed by atoms with E-state index in [2.05, 4.69) is 15.3 Å². The van der Waals surface area contributed by atoms with Crippen LogP contribution in [0.3, 0.4) is 0 Å². The van der Waals surface area contributed by atoms with Crippen molar-refractivity contribution in [2.45, 2.75) is 18.0 Å². The van der Waals surface area contributed by atoms with Gasteiger partial charge in [0, 0.05) is 5.56 Å². The predicted octanol–water partition coefficient (Wildman–Crippen LogP) is 3.67. The van der Waals surface area contributed by atoms with Gasteiger partial charge in [0.1, 0.15) is 17.1 Å². The van der Waals surface area contributed by atoms with Crippen LogP contribution in [0.2, 0.25) is 0 Å². The lowest BCUT2D eigenvalue weighted by molar-refractivity contribution is -0.119. The fourth-order valence-corrected chi connectivity index (χ4v) is 4.15. The highest BCUT2D eigenvalue weighted by Gasteiger charge is 2.14. The molecule has 124 valence electrons. The van der Waals surface area contributed by atoms with Gasteiger partial charge in [0.05, 0.1) is 29.1 Å². The number of carbonyl (C=O) groups is 1. The number of aromatic nitrogens is 2. The Kier molecular flexibility index (Phi) is 5.32. The molecule has 0 aliphatic carbocycles. The first kappa shape index (κ1) is 16.7. The number of para-hydroxylation sites is 1. The first-order valence-corrected chi connectivity index (χ1v) is 9.29. The summed E-state index contributed by atoms with van der Waals surface area (Å²) in [5, 5.41) is 5.83. The average Bonchev–Trinajstić information content (AvgIpc) is 3.09. The monoisotopic (exact) mass is 359 g/mol. The number of hydrogen-bond donors (Lipinski definition) is 1. The van der Waals surface area contributed by atoms with E-state index in [0.29, 0.717) is 5.75 Å². The molecule has 24 heavy (non-hydrogen) atoms. The molecule has 3 aromatic rings. The Morgan fingerprint density at radius 1 is 1.33 bits per heavy atom. The van der Waals surface area contributed by atoms with Gasteiger partial charge in [0.2, 0.25) is 5.91 Å². The molecule has 0 spiro atoms. The zero-order chi connectivity index (χ0) is 16.9. The lowest BCUT2D eigenvalue weighted by atomic mass is 10.1. The van der Waals surface area contributed by atoms with E-state index >= 15 is 0 Å². The second-order valence-electron chi connectivity index (χ2n) is 5.13. The van der Waals surface area contributed by atoms with Gasteiger partial charge in [-0.3, -0.25) is 4.79 Å². The minimum atomic E-state index is -0.124. The number of carbonyl (C=O) groups excluding carboxylic acids is 1. The van der Waals surface area contributed by atoms with Gasteiger partial charge in [0.25, 0.3) is 0 Å². The molecule has 0 aliphatic rings. The highest BCUT2D eigenvalue weighted by molar-refractivity contribution is 8.00. The van der Waals surface area contributed by atoms with Gasteiger partial charge >= 0.3 is 0 Å². The number of hydrogen-bond acceptors (Lipinski definition) is 6. The number of benzene rings is 1. The van der Waals surface area contributed by atoms with Gasteiger partial charge in [-0.25, -0.2) is 9.97 Å². The summed E-state index contributed by atoms with van der Waals surface area (Å²) >= 11 is 3.01. The third-order valence-electron chi connectivity index (χ3n) is 3.53. The van der Waals surface area contributed by atoms with Crippen LogP contribution in [0, 0.1) is 0 Å². The number of nitrogens with one attached hydrogen (secondary N) is 1. The SMILES string of the molecule is COc1ccccc1C(C)NC(=O)CSc1ncnc2ccsc12. The van der Waals surface area contributed by atoms with Crippen molar-refractivity contribution in [3.05, 3.63) is 47.6 Å². The maximum atomic E-state index is 12.3. The summed E-state index contributed by atoms with van der Waals surface area (Å²) in [6.07, 6.45) is 1.53. The topological polar surface area (TPSA) is 64.1 Å². The molecule has 1 aromatic carbocycles. The predicted molar refractivity (Wildman–Crippen MR) is 97.7 cm³/mol. The van der Waals surface area contributed by atoms with E-state index in [1.807, 2.05) is 42.6 Å². The largest absolute Gasteiger partial charge is 0.496 e. The van der Waals surface area contributed by atoms with E-state index in [0.717, 1.165) is 26.6 Å². The number of rotatable bonds is 6. The Balaban J connectivity index is 1.62. The summed E-state index contributed by atoms with van der Waals surface area (Å²) in [5.41, 5.74) is 1.88. The summed E-state index contributed by atoms with van der Waals surface area (Å²) in [6.45, 7) is 1.95. The van der Waals surface area contributed by atoms with E-state index in [9.17, 15) is 4.79 Å². The van der Waals surface area contributed by atoms with Gasteiger partial charge in [-0.1, -0.05) is 30.0 Å². The molecule has 0 fully saturated rings. The molecular formula is C17H17N3O2S2. The van der Waals surface area contributed by atoms with Gasteiger partial charge < -0.3 is 10.1 Å². The number of thiophene rings is 1. The molecule has 0 aliphatic heterocycles. The van der Waals surface area contributed by atoms with E-state index in [4.69, 9.17) is 4.74 Å². The summed E-state index contributed by atoms with van der Waals surface area (Å²) < 4.78 is 6.37. The standard InChI is InChI=1S/C17H17N3O2S2/c1-11(12-5-3-4-6-14(12)22-2)20-15(21)9-24-17-16-13(7-8-23-16)18-10-19-17/h3-8,10-11H,9H2,1-2H3,(H,20,21). The zero-order valence-corrected chi connectivity index (χ0v) is 15.0. The summed E-state index contributed by atoms with van der Waals surface area (Å²) in [5.74, 6) is 1.04. The minimum absolute atomic E-state index is 0.0401. The van der Waals surface area contributed by atoms with Gasteiger partial charge in [0.15, 0.2) is 0 Å². The molecule has 0 saturated heterocycles. The van der Waals surface area contributed by atoms with E-state index in [1.54, 1.807) is 18.4 Å². The molecule has 5 nitrogen and oxygen atoms in total. The highest BCUT2D eigenvalue weighted by atomic mass is 32.2. The molecule has 2 aromatic heterocycles. The fraction of sp³-hybridized carbons (Fsp3) is 0.235. The quantitative estimate of drug-likeness (QED) is 0.537. The summed E-state index contributed by atoms with van der Waals surface area (Å²) in [6, 6.07) is 9.52. The first-order valence-electron chi connectivity index (χ1n) is 7.42. The molecular weight excluding hydrogens is 342 g/mol. The van der Waals surface area contributed by atoms with Crippen molar-refractivity contribution in [3.63, 3.8) is 0 Å². The van der Waals surface area contributed by atoms with Crippen LogP contribution >= 0.6 is 23.1 Å². The molecule has 3 rings (SSSR count). The summed E-state index contributed by atoms with van der Waals surface area (Å²) in [7, 11) is 1.63. The van der Waals surface area contributed by atoms with Gasteiger partial charge in [-0.05, 0) is 24.4 Å². The molecule has 0 bridgehead atoms. The van der Waals surface area contributed by atoms with E-state index in [1.165, 1.54) is 18.1 Å². The third kappa shape index (κ3) is 3.68. The maximum Gasteiger partial charge on any atom is 0.230 e. The molecule has 0 radical (unpaired) electrons. The number of nitrogens with zero attached hydrogens (tertiary/aromatic N) is 2. The molecule has 7 heteroatoms. The molecule has 1 N–H and O–H groups in total. The van der Waals surface area contributed by atoms with E-state index in [-0.39, 0.29) is 11.9 Å². The zero-order valence-electron chi connectivity index (χ0n) is 13.4. The molecule has 1 atom stereocenters. The van der Waals surface area contributed by atoms with Crippen LogP contribution < -0.4 is 10.1 Å². The van der Waals surface area contributed by atoms with Crippen molar-refractivity contribution in [2.75, 3.05) is 12.9 Å². The van der Waals surface area contributed by atoms with Crippen LogP contribution in [0.15, 0.2) is 47.1 Å². The van der Waals surface area contributed by atoms with Crippen molar-refractivity contribution in [1.82, 2.24) is 15.3 Å². The summed E-state index contributed by atoms with van der Waals surface area (Å²) in [4.78, 5) is 20.7. The number of thioether (sulfide) groups is 1. The number of ether oxygens (including phenoxy) is 1. The smallest absolute Gasteiger partial charge is 0.230 e. The molecule has 0 saturated carbocycles. The van der Waals surface area contributed by atoms with Crippen LogP contribution in [0.1, 0.15) is 18.5 Å². The lowest BCUT2D eigenvalue weighted by Crippen LogP contribution is -2.28. The molecule has 1 unspecified atom stereocenters. The Morgan fingerprint density at radius 3 is 3.00 bits per heavy atom. The Morgan fingerprint density at radius 2 is 2.17 bits per heavy atom. The fourth-order valence-electron chi connectivity index (χ4n) is 2.39. The second-order valence-corrected chi connectivity index (χ2v) is 7.01. The lowest BCUT2D eigenvalue weighted by Gasteiger charge is -2.17. The van der Waals surface area contributed by atoms with Crippen LogP contribution in [0.5, 0.6) is 5.75 Å². The third-order valence-corrected chi connectivity index (χ3v) is 5.56. The normalized spacial score (nSPS) is 12.1. The van der Waals surface area contributed by atoms with E-state index < -0.39 is 0 Å². The van der Waals surface area contributed by atoms with Crippen molar-refractivity contribution in [1.29, 1.82) is 0 Å². The number of methoxy groups -OCH3 is 1. The minimum Gasteiger partial charge on any atom is -0.496 e. The van der Waals surface area contributed by atoms with Gasteiger partial charge in [-0.15, -0.1) is 11.3 Å². The second kappa shape index (κ2) is 7.63. The Hall–Kier alpha value is -2.12. The molecule has 1 amide bonds. The highest BCUT2D eigenvalue weighted by Crippen LogP contribution is 2.29. The van der Waals surface area contributed by atoms with Crippen molar-refractivity contribution < 1.29 is 9.53 Å². The van der Waals surface area contributed by atoms with Crippen LogP contribution in [-0.2, 0) is 4.79 Å². The Bertz CT molecular complexity index is 850. The number of fused-ring (bicyclic) bond motifs is 1.